The van der Waals surface area contributed by atoms with Crippen molar-refractivity contribution in [2.24, 2.45) is 5.92 Å². The highest BCUT2D eigenvalue weighted by molar-refractivity contribution is 7.14. The standard InChI is InChI=1S/C21H25N5OS/c1-13-6-7-26(14(2)8-13)12-20(27)23-19-10-18-9-16(4-5-17(18)11-22-19)21-25-24-15(3)28-21/h4-5,9-11,13-14H,6-8,12H2,1-3H3,(H,22,23,27)/t13?,14-/m1/s1. The molecule has 2 aromatic heterocycles. The summed E-state index contributed by atoms with van der Waals surface area (Å²) in [4.78, 5) is 19.2. The van der Waals surface area contributed by atoms with E-state index in [0.29, 0.717) is 18.4 Å². The second-order valence-corrected chi connectivity index (χ2v) is 8.94. The van der Waals surface area contributed by atoms with E-state index in [1.165, 1.54) is 0 Å². The number of likely N-dealkylation sites (tertiary alicyclic amines) is 1. The molecule has 0 saturated carbocycles. The number of aryl methyl sites for hydroxylation is 1. The van der Waals surface area contributed by atoms with E-state index in [4.69, 9.17) is 0 Å². The van der Waals surface area contributed by atoms with Gasteiger partial charge in [-0.3, -0.25) is 9.69 Å². The molecule has 1 aliphatic heterocycles. The molecule has 28 heavy (non-hydrogen) atoms. The van der Waals surface area contributed by atoms with E-state index in [2.05, 4.69) is 45.3 Å². The average Bonchev–Trinajstić information content (AvgIpc) is 3.10. The number of pyridine rings is 1. The minimum atomic E-state index is -0.0100. The lowest BCUT2D eigenvalue weighted by atomic mass is 9.93. The number of amides is 1. The number of anilines is 1. The number of piperidine rings is 1. The van der Waals surface area contributed by atoms with Gasteiger partial charge in [0.2, 0.25) is 5.91 Å². The van der Waals surface area contributed by atoms with Gasteiger partial charge >= 0.3 is 0 Å². The third kappa shape index (κ3) is 4.20. The van der Waals surface area contributed by atoms with E-state index in [0.717, 1.165) is 51.7 Å². The van der Waals surface area contributed by atoms with Gasteiger partial charge in [0.05, 0.1) is 6.54 Å². The summed E-state index contributed by atoms with van der Waals surface area (Å²) >= 11 is 1.57. The smallest absolute Gasteiger partial charge is 0.239 e. The Bertz CT molecular complexity index is 1000. The Morgan fingerprint density at radius 1 is 1.25 bits per heavy atom. The molecular weight excluding hydrogens is 370 g/mol. The van der Waals surface area contributed by atoms with Gasteiger partial charge in [-0.25, -0.2) is 4.98 Å². The number of hydrogen-bond acceptors (Lipinski definition) is 6. The summed E-state index contributed by atoms with van der Waals surface area (Å²) < 4.78 is 0. The maximum absolute atomic E-state index is 12.5. The molecule has 0 radical (unpaired) electrons. The fourth-order valence-corrected chi connectivity index (χ4v) is 4.50. The molecule has 0 aliphatic carbocycles. The molecule has 1 saturated heterocycles. The fraction of sp³-hybridized carbons (Fsp3) is 0.429. The maximum atomic E-state index is 12.5. The van der Waals surface area contributed by atoms with Gasteiger partial charge in [-0.05, 0) is 56.7 Å². The van der Waals surface area contributed by atoms with Gasteiger partial charge in [0.15, 0.2) is 0 Å². The number of nitrogens with zero attached hydrogens (tertiary/aromatic N) is 4. The van der Waals surface area contributed by atoms with E-state index >= 15 is 0 Å². The van der Waals surface area contributed by atoms with Gasteiger partial charge in [-0.2, -0.15) is 0 Å². The van der Waals surface area contributed by atoms with Crippen LogP contribution in [0.15, 0.2) is 30.5 Å². The van der Waals surface area contributed by atoms with E-state index in [1.54, 1.807) is 17.5 Å². The van der Waals surface area contributed by atoms with Crippen LogP contribution in [0.1, 0.15) is 31.7 Å². The SMILES string of the molecule is Cc1nnc(-c2ccc3cnc(NC(=O)CN4CCC(C)C[C@H]4C)cc3c2)s1. The molecule has 146 valence electrons. The van der Waals surface area contributed by atoms with Crippen molar-refractivity contribution >= 4 is 33.8 Å². The fourth-order valence-electron chi connectivity index (χ4n) is 3.81. The van der Waals surface area contributed by atoms with Crippen molar-refractivity contribution < 1.29 is 4.79 Å². The Morgan fingerprint density at radius 2 is 2.11 bits per heavy atom. The largest absolute Gasteiger partial charge is 0.310 e. The highest BCUT2D eigenvalue weighted by Crippen LogP contribution is 2.27. The van der Waals surface area contributed by atoms with Crippen molar-refractivity contribution in [3.63, 3.8) is 0 Å². The first-order valence-electron chi connectivity index (χ1n) is 9.72. The molecule has 1 N–H and O–H groups in total. The highest BCUT2D eigenvalue weighted by Gasteiger charge is 2.24. The van der Waals surface area contributed by atoms with E-state index in [9.17, 15) is 4.79 Å². The molecule has 1 unspecified atom stereocenters. The summed E-state index contributed by atoms with van der Waals surface area (Å²) in [7, 11) is 0. The van der Waals surface area contributed by atoms with Gasteiger partial charge in [0.25, 0.3) is 0 Å². The molecular formula is C21H25N5OS. The normalized spacial score (nSPS) is 20.4. The summed E-state index contributed by atoms with van der Waals surface area (Å²) in [6.45, 7) is 7.82. The van der Waals surface area contributed by atoms with Gasteiger partial charge < -0.3 is 5.32 Å². The summed E-state index contributed by atoms with van der Waals surface area (Å²) in [5.74, 6) is 1.31. The van der Waals surface area contributed by atoms with Crippen LogP contribution in [-0.2, 0) is 4.79 Å². The molecule has 3 aromatic rings. The molecule has 0 bridgehead atoms. The molecule has 1 aliphatic rings. The van der Waals surface area contributed by atoms with Crippen LogP contribution in [0.4, 0.5) is 5.82 Å². The third-order valence-corrected chi connectivity index (χ3v) is 6.27. The molecule has 1 fully saturated rings. The van der Waals surface area contributed by atoms with Gasteiger partial charge in [0, 0.05) is 23.2 Å². The Morgan fingerprint density at radius 3 is 2.86 bits per heavy atom. The first-order valence-corrected chi connectivity index (χ1v) is 10.5. The average molecular weight is 396 g/mol. The van der Waals surface area contributed by atoms with Gasteiger partial charge in [-0.15, -0.1) is 10.2 Å². The van der Waals surface area contributed by atoms with Crippen LogP contribution in [0.2, 0.25) is 0 Å². The van der Waals surface area contributed by atoms with Crippen molar-refractivity contribution in [2.45, 2.75) is 39.7 Å². The Hall–Kier alpha value is -2.38. The molecule has 7 heteroatoms. The van der Waals surface area contributed by atoms with Gasteiger partial charge in [-0.1, -0.05) is 30.4 Å². The lowest BCUT2D eigenvalue weighted by Crippen LogP contribution is -2.44. The van der Waals surface area contributed by atoms with Crippen molar-refractivity contribution in [3.8, 4) is 10.6 Å². The zero-order valence-electron chi connectivity index (χ0n) is 16.5. The molecule has 6 nitrogen and oxygen atoms in total. The molecule has 3 heterocycles. The first kappa shape index (κ1) is 19.0. The monoisotopic (exact) mass is 395 g/mol. The van der Waals surface area contributed by atoms with Crippen molar-refractivity contribution in [3.05, 3.63) is 35.5 Å². The minimum absolute atomic E-state index is 0.0100. The minimum Gasteiger partial charge on any atom is -0.310 e. The predicted octanol–water partition coefficient (Wildman–Crippen LogP) is 4.12. The number of carbonyl (C=O) groups is 1. The second-order valence-electron chi connectivity index (χ2n) is 7.75. The Balaban J connectivity index is 1.48. The molecule has 1 aromatic carbocycles. The highest BCUT2D eigenvalue weighted by atomic mass is 32.1. The summed E-state index contributed by atoms with van der Waals surface area (Å²) in [5.41, 5.74) is 1.03. The molecule has 1 amide bonds. The topological polar surface area (TPSA) is 71.0 Å². The van der Waals surface area contributed by atoms with Crippen LogP contribution in [0.5, 0.6) is 0 Å². The number of aromatic nitrogens is 3. The zero-order valence-corrected chi connectivity index (χ0v) is 17.3. The third-order valence-electron chi connectivity index (χ3n) is 5.38. The van der Waals surface area contributed by atoms with Crippen LogP contribution < -0.4 is 5.32 Å². The lowest BCUT2D eigenvalue weighted by Gasteiger charge is -2.35. The van der Waals surface area contributed by atoms with E-state index in [-0.39, 0.29) is 5.91 Å². The van der Waals surface area contributed by atoms with Gasteiger partial charge in [0.1, 0.15) is 15.8 Å². The second kappa shape index (κ2) is 7.93. The number of hydrogen-bond donors (Lipinski definition) is 1. The first-order chi connectivity index (χ1) is 13.5. The molecule has 2 atom stereocenters. The summed E-state index contributed by atoms with van der Waals surface area (Å²) in [6, 6.07) is 8.49. The maximum Gasteiger partial charge on any atom is 0.239 e. The van der Waals surface area contributed by atoms with Crippen LogP contribution in [0, 0.1) is 12.8 Å². The summed E-state index contributed by atoms with van der Waals surface area (Å²) in [6.07, 6.45) is 4.10. The van der Waals surface area contributed by atoms with Crippen molar-refractivity contribution in [2.75, 3.05) is 18.4 Å². The van der Waals surface area contributed by atoms with Crippen LogP contribution >= 0.6 is 11.3 Å². The molecule has 0 spiro atoms. The molecule has 4 rings (SSSR count). The van der Waals surface area contributed by atoms with E-state index < -0.39 is 0 Å². The van der Waals surface area contributed by atoms with Crippen LogP contribution in [-0.4, -0.2) is 45.1 Å². The number of rotatable bonds is 4. The van der Waals surface area contributed by atoms with E-state index in [1.807, 2.05) is 25.1 Å². The van der Waals surface area contributed by atoms with Crippen molar-refractivity contribution in [1.82, 2.24) is 20.1 Å². The van der Waals surface area contributed by atoms with Crippen LogP contribution in [0.25, 0.3) is 21.3 Å². The lowest BCUT2D eigenvalue weighted by molar-refractivity contribution is -0.118. The number of carbonyl (C=O) groups excluding carboxylic acids is 1. The quantitative estimate of drug-likeness (QED) is 0.719. The summed E-state index contributed by atoms with van der Waals surface area (Å²) in [5, 5.41) is 15.2. The Labute approximate surface area is 169 Å². The number of fused-ring (bicyclic) bond motifs is 1. The number of nitrogens with one attached hydrogen (secondary N) is 1. The van der Waals surface area contributed by atoms with Crippen molar-refractivity contribution in [1.29, 1.82) is 0 Å². The zero-order chi connectivity index (χ0) is 19.7. The number of benzene rings is 1. The predicted molar refractivity (Wildman–Crippen MR) is 113 cm³/mol. The van der Waals surface area contributed by atoms with Crippen LogP contribution in [0.3, 0.4) is 0 Å². The Kier molecular flexibility index (Phi) is 5.37.